The van der Waals surface area contributed by atoms with Crippen molar-refractivity contribution in [3.05, 3.63) is 47.5 Å². The number of aliphatic hydroxyl groups excluding tert-OH is 4. The number of aromatic nitrogens is 6. The summed E-state index contributed by atoms with van der Waals surface area (Å²) in [5, 5.41) is 48.6. The number of benzene rings is 2. The standard InChI is InChI=1S/C32H44N12O16S4.4K/c1-43(15-23(47)17-45)31-39-27(33-9-11-61(49,50)51)37-29(41-31)35-21-7-5-19(25(13-21)63(55,56)57)3-4-20-6-8-22(14-26(20)64(58,59)60)36-30-38-28(34-10-12-62(52,53)54)40-32(42-30)44(2)16-24(48)18-46;;;;/h3-8,13-14,23-24,45-48H,9-12,15-18H2,1-2H3,(H,49,50,51)(H,52,53,54)(H,55,56,57)(H,58,59,60)(H2,33,35,37,39,41)(H2,34,36,38,40,42);;;;/q;4*+1/p-4. The maximum absolute atomic E-state index is 12.5. The Morgan fingerprint density at radius 2 is 0.882 bits per heavy atom. The summed E-state index contributed by atoms with van der Waals surface area (Å²) >= 11 is 0. The molecule has 0 saturated carbocycles. The van der Waals surface area contributed by atoms with Crippen molar-refractivity contribution in [2.45, 2.75) is 22.0 Å². The molecule has 0 aliphatic rings. The van der Waals surface area contributed by atoms with Gasteiger partial charge in [0.2, 0.25) is 35.7 Å². The minimum absolute atomic E-state index is 0. The zero-order chi connectivity index (χ0) is 47.6. The van der Waals surface area contributed by atoms with Crippen molar-refractivity contribution in [1.82, 2.24) is 29.9 Å². The van der Waals surface area contributed by atoms with Crippen molar-refractivity contribution in [2.24, 2.45) is 0 Å². The van der Waals surface area contributed by atoms with E-state index in [-0.39, 0.29) is 277 Å². The van der Waals surface area contributed by atoms with E-state index in [0.29, 0.717) is 0 Å². The Balaban J connectivity index is 0.0000112. The van der Waals surface area contributed by atoms with Gasteiger partial charge in [-0.25, -0.2) is 33.7 Å². The SMILES string of the molecule is CN(CC(O)CO)c1nc(NCCS(=O)(=O)[O-])nc(Nc2ccc(C=Cc3ccc(Nc4nc(NCCS(=O)(=O)[O-])nc(N(C)CC(O)CO)n4)cc3S(=O)(=O)[O-])c(S(=O)(=O)[O-])c2)n1.[K+].[K+].[K+].[K+]. The van der Waals surface area contributed by atoms with Crippen molar-refractivity contribution < 1.29 is 278 Å². The number of nitrogens with one attached hydrogen (secondary N) is 4. The van der Waals surface area contributed by atoms with E-state index < -0.39 is 100 Å². The van der Waals surface area contributed by atoms with Crippen LogP contribution in [0.3, 0.4) is 0 Å². The van der Waals surface area contributed by atoms with Crippen LogP contribution in [0.5, 0.6) is 0 Å². The van der Waals surface area contributed by atoms with Crippen LogP contribution in [-0.4, -0.2) is 179 Å². The molecule has 4 aromatic rings. The first kappa shape index (κ1) is 69.0. The summed E-state index contributed by atoms with van der Waals surface area (Å²) in [4.78, 5) is 25.5. The molecule has 2 atom stereocenters. The topological polar surface area (TPSA) is 442 Å². The Morgan fingerprint density at radius 3 is 1.18 bits per heavy atom. The zero-order valence-corrected chi connectivity index (χ0v) is 53.1. The summed E-state index contributed by atoms with van der Waals surface area (Å²) in [7, 11) is -17.0. The molecule has 2 heterocycles. The molecule has 4 rings (SSSR count). The second kappa shape index (κ2) is 31.2. The molecular weight excluding hydrogens is 1090 g/mol. The second-order valence-electron chi connectivity index (χ2n) is 13.4. The number of anilines is 8. The monoisotopic (exact) mass is 1130 g/mol. The molecule has 2 unspecified atom stereocenters. The molecule has 2 aromatic carbocycles. The minimum Gasteiger partial charge on any atom is -0.748 e. The molecule has 0 spiro atoms. The number of hydrogen-bond donors (Lipinski definition) is 8. The summed E-state index contributed by atoms with van der Waals surface area (Å²) in [5.74, 6) is -3.12. The van der Waals surface area contributed by atoms with Crippen LogP contribution in [0.1, 0.15) is 11.1 Å². The van der Waals surface area contributed by atoms with Crippen LogP contribution in [0, 0.1) is 0 Å². The van der Waals surface area contributed by atoms with E-state index in [4.69, 9.17) is 0 Å². The van der Waals surface area contributed by atoms with Crippen LogP contribution in [0.4, 0.5) is 47.1 Å². The van der Waals surface area contributed by atoms with Gasteiger partial charge in [-0.3, -0.25) is 0 Å². The molecule has 0 saturated heterocycles. The van der Waals surface area contributed by atoms with Crippen molar-refractivity contribution >= 4 is 99.7 Å². The Bertz CT molecular complexity index is 2600. The van der Waals surface area contributed by atoms with E-state index >= 15 is 0 Å². The zero-order valence-electron chi connectivity index (χ0n) is 37.3. The van der Waals surface area contributed by atoms with Gasteiger partial charge in [0.05, 0.1) is 67.0 Å². The number of aliphatic hydroxyl groups is 4. The van der Waals surface area contributed by atoms with Crippen molar-refractivity contribution in [3.8, 4) is 0 Å². The van der Waals surface area contributed by atoms with Crippen LogP contribution < -0.4 is 237 Å². The summed E-state index contributed by atoms with van der Waals surface area (Å²) in [6, 6.07) is 6.58. The quantitative estimate of drug-likeness (QED) is 0.0183. The maximum atomic E-state index is 12.5. The maximum Gasteiger partial charge on any atom is 1.00 e. The normalized spacial score (nSPS) is 12.6. The van der Waals surface area contributed by atoms with Gasteiger partial charge in [0.1, 0.15) is 20.2 Å². The molecule has 0 fully saturated rings. The van der Waals surface area contributed by atoms with E-state index in [1.807, 2.05) is 0 Å². The van der Waals surface area contributed by atoms with E-state index in [2.05, 4.69) is 51.2 Å². The molecule has 0 bridgehead atoms. The first-order chi connectivity index (χ1) is 29.7. The average Bonchev–Trinajstić information content (AvgIpc) is 3.18. The summed E-state index contributed by atoms with van der Waals surface area (Å²) in [5.41, 5.74) is -0.742. The van der Waals surface area contributed by atoms with E-state index in [9.17, 15) is 72.3 Å². The predicted octanol–water partition coefficient (Wildman–Crippen LogP) is -15.0. The molecule has 0 aliphatic heterocycles. The number of nitrogens with zero attached hydrogens (tertiary/aromatic N) is 8. The van der Waals surface area contributed by atoms with Crippen LogP contribution in [0.15, 0.2) is 46.2 Å². The molecule has 2 aromatic heterocycles. The van der Waals surface area contributed by atoms with Gasteiger partial charge in [-0.2, -0.15) is 29.9 Å². The van der Waals surface area contributed by atoms with Gasteiger partial charge in [0.25, 0.3) is 0 Å². The van der Waals surface area contributed by atoms with E-state index in [1.54, 1.807) is 0 Å². The van der Waals surface area contributed by atoms with Gasteiger partial charge in [0, 0.05) is 51.6 Å². The predicted molar refractivity (Wildman–Crippen MR) is 223 cm³/mol. The van der Waals surface area contributed by atoms with Crippen LogP contribution >= 0.6 is 0 Å². The van der Waals surface area contributed by atoms with Crippen LogP contribution in [0.2, 0.25) is 0 Å². The van der Waals surface area contributed by atoms with Crippen LogP contribution in [-0.2, 0) is 40.5 Å². The molecule has 28 nitrogen and oxygen atoms in total. The summed E-state index contributed by atoms with van der Waals surface area (Å²) < 4.78 is 141. The van der Waals surface area contributed by atoms with Gasteiger partial charge in [0.15, 0.2) is 0 Å². The smallest absolute Gasteiger partial charge is 0.748 e. The molecule has 0 aliphatic carbocycles. The Hall–Kier alpha value is 1.03. The Labute approximate surface area is 561 Å². The summed E-state index contributed by atoms with van der Waals surface area (Å²) in [6.07, 6.45) is -0.399. The molecule has 352 valence electrons. The van der Waals surface area contributed by atoms with Crippen molar-refractivity contribution in [1.29, 1.82) is 0 Å². The first-order valence-electron chi connectivity index (χ1n) is 18.0. The molecule has 0 amide bonds. The molecule has 0 radical (unpaired) electrons. The fourth-order valence-corrected chi connectivity index (χ4v) is 7.29. The fourth-order valence-electron chi connectivity index (χ4n) is 5.20. The van der Waals surface area contributed by atoms with Crippen molar-refractivity contribution in [2.75, 3.05) is 96.1 Å². The largest absolute Gasteiger partial charge is 1.00 e. The van der Waals surface area contributed by atoms with Gasteiger partial charge in [-0.1, -0.05) is 24.3 Å². The first-order valence-corrected chi connectivity index (χ1v) is 24.0. The Morgan fingerprint density at radius 1 is 0.559 bits per heavy atom. The van der Waals surface area contributed by atoms with Gasteiger partial charge in [-0.05, 0) is 35.4 Å². The third kappa shape index (κ3) is 24.1. The van der Waals surface area contributed by atoms with E-state index in [1.165, 1.54) is 36.0 Å². The number of rotatable bonds is 24. The molecule has 8 N–H and O–H groups in total. The van der Waals surface area contributed by atoms with Gasteiger partial charge < -0.3 is 69.7 Å². The van der Waals surface area contributed by atoms with Gasteiger partial charge in [-0.15, -0.1) is 0 Å². The third-order valence-electron chi connectivity index (χ3n) is 8.11. The number of hydrogen-bond acceptors (Lipinski definition) is 28. The van der Waals surface area contributed by atoms with Crippen molar-refractivity contribution in [3.63, 3.8) is 0 Å². The third-order valence-corrected chi connectivity index (χ3v) is 11.3. The summed E-state index contributed by atoms with van der Waals surface area (Å²) in [6.45, 7) is -2.48. The molecule has 36 heteroatoms. The minimum atomic E-state index is -5.28. The molecule has 68 heavy (non-hydrogen) atoms. The number of likely N-dealkylation sites (N-methyl/N-ethyl adjacent to an activating group) is 2. The molecular formula is C32H40K4N12O16S4. The second-order valence-corrected chi connectivity index (χ2v) is 19.1. The van der Waals surface area contributed by atoms with Gasteiger partial charge >= 0.3 is 206 Å². The average molecular weight is 1130 g/mol. The fraction of sp³-hybridized carbons (Fsp3) is 0.375. The van der Waals surface area contributed by atoms with Crippen LogP contribution in [0.25, 0.3) is 12.2 Å². The van der Waals surface area contributed by atoms with E-state index in [0.717, 1.165) is 36.4 Å². The Kier molecular flexibility index (Phi) is 31.6.